The molecule has 0 fully saturated rings. The summed E-state index contributed by atoms with van der Waals surface area (Å²) in [5, 5.41) is 17.9. The number of hydrogen-bond acceptors (Lipinski definition) is 5. The van der Waals surface area contributed by atoms with Crippen LogP contribution >= 0.6 is 17.9 Å². The molecule has 0 spiro atoms. The molecule has 0 atom stereocenters. The summed E-state index contributed by atoms with van der Waals surface area (Å²) < 4.78 is 11.4. The van der Waals surface area contributed by atoms with Crippen LogP contribution < -0.4 is 0 Å². The summed E-state index contributed by atoms with van der Waals surface area (Å²) in [7, 11) is 0. The van der Waals surface area contributed by atoms with Crippen molar-refractivity contribution < 1.29 is 19.3 Å². The summed E-state index contributed by atoms with van der Waals surface area (Å²) in [5.41, 5.74) is 2.01. The van der Waals surface area contributed by atoms with E-state index in [4.69, 9.17) is 31.1 Å². The molecule has 4 nitrogen and oxygen atoms in total. The Kier molecular flexibility index (Phi) is 10.0. The van der Waals surface area contributed by atoms with Crippen LogP contribution in [0, 0.1) is 0 Å². The van der Waals surface area contributed by atoms with Crippen molar-refractivity contribution in [2.45, 2.75) is 25.7 Å². The van der Waals surface area contributed by atoms with E-state index >= 15 is 0 Å². The van der Waals surface area contributed by atoms with Gasteiger partial charge < -0.3 is 19.3 Å². The van der Waals surface area contributed by atoms with E-state index < -0.39 is 5.69 Å². The third kappa shape index (κ3) is 8.88. The standard InChI is InChI=1S/C20H27O4PS2/c21-13-9-17-1-5-19(6-2-17)11-15-23-25(26,27)24-16-12-20-7-3-18(4-8-20)10-14-22/h1-8,21-22H,9-16H2,(H,26,27). The molecule has 2 aromatic carbocycles. The lowest BCUT2D eigenvalue weighted by molar-refractivity contribution is 0.264. The van der Waals surface area contributed by atoms with Crippen molar-refractivity contribution in [3.8, 4) is 0 Å². The lowest BCUT2D eigenvalue weighted by Gasteiger charge is -2.17. The molecule has 0 unspecified atom stereocenters. The van der Waals surface area contributed by atoms with Crippen molar-refractivity contribution in [1.29, 1.82) is 0 Å². The van der Waals surface area contributed by atoms with E-state index in [2.05, 4.69) is 12.2 Å². The monoisotopic (exact) mass is 426 g/mol. The number of benzene rings is 2. The smallest absolute Gasteiger partial charge is 0.244 e. The van der Waals surface area contributed by atoms with Gasteiger partial charge in [0.1, 0.15) is 0 Å². The molecule has 148 valence electrons. The quantitative estimate of drug-likeness (QED) is 0.357. The van der Waals surface area contributed by atoms with Crippen LogP contribution in [-0.4, -0.2) is 36.6 Å². The number of aliphatic hydroxyl groups excluding tert-OH is 2. The maximum atomic E-state index is 8.94. The highest BCUT2D eigenvalue weighted by atomic mass is 32.9. The van der Waals surface area contributed by atoms with Gasteiger partial charge in [-0.1, -0.05) is 60.8 Å². The largest absolute Gasteiger partial charge is 0.396 e. The number of rotatable bonds is 12. The predicted octanol–water partition coefficient (Wildman–Crippen LogP) is 3.73. The molecule has 0 heterocycles. The Morgan fingerprint density at radius 1 is 0.667 bits per heavy atom. The molecule has 2 aromatic rings. The maximum absolute atomic E-state index is 8.94. The van der Waals surface area contributed by atoms with Crippen molar-refractivity contribution in [2.75, 3.05) is 26.4 Å². The minimum absolute atomic E-state index is 0.162. The van der Waals surface area contributed by atoms with Gasteiger partial charge >= 0.3 is 0 Å². The Hall–Kier alpha value is -0.720. The molecule has 0 aromatic heterocycles. The number of hydrogen-bond donors (Lipinski definition) is 3. The zero-order valence-electron chi connectivity index (χ0n) is 15.3. The van der Waals surface area contributed by atoms with E-state index in [9.17, 15) is 0 Å². The summed E-state index contributed by atoms with van der Waals surface area (Å²) in [6.07, 6.45) is 2.83. The first-order valence-electron chi connectivity index (χ1n) is 9.01. The van der Waals surface area contributed by atoms with E-state index in [0.717, 1.165) is 35.1 Å². The van der Waals surface area contributed by atoms with E-state index in [-0.39, 0.29) is 13.2 Å². The van der Waals surface area contributed by atoms with Crippen LogP contribution in [0.3, 0.4) is 0 Å². The van der Waals surface area contributed by atoms with Crippen LogP contribution in [0.4, 0.5) is 0 Å². The normalized spacial score (nSPS) is 11.7. The minimum atomic E-state index is -2.55. The highest BCUT2D eigenvalue weighted by molar-refractivity contribution is 8.60. The fourth-order valence-electron chi connectivity index (χ4n) is 2.60. The van der Waals surface area contributed by atoms with Gasteiger partial charge in [0, 0.05) is 13.2 Å². The fourth-order valence-corrected chi connectivity index (χ4v) is 4.25. The molecule has 0 saturated carbocycles. The lowest BCUT2D eigenvalue weighted by atomic mass is 10.1. The number of aliphatic hydroxyl groups is 2. The second-order valence-electron chi connectivity index (χ2n) is 6.22. The summed E-state index contributed by atoms with van der Waals surface area (Å²) >= 11 is 9.75. The van der Waals surface area contributed by atoms with Crippen molar-refractivity contribution in [1.82, 2.24) is 0 Å². The molecule has 0 aliphatic rings. The third-order valence-corrected chi connectivity index (χ3v) is 6.48. The number of thiol groups is 1. The van der Waals surface area contributed by atoms with Crippen LogP contribution in [0.1, 0.15) is 22.3 Å². The van der Waals surface area contributed by atoms with E-state index in [1.807, 2.05) is 48.5 Å². The fraction of sp³-hybridized carbons (Fsp3) is 0.400. The first-order valence-corrected chi connectivity index (χ1v) is 12.8. The van der Waals surface area contributed by atoms with Gasteiger partial charge in [-0.3, -0.25) is 0 Å². The van der Waals surface area contributed by atoms with Gasteiger partial charge in [-0.15, -0.1) is 0 Å². The van der Waals surface area contributed by atoms with Gasteiger partial charge in [0.25, 0.3) is 0 Å². The van der Waals surface area contributed by atoms with Crippen LogP contribution in [0.5, 0.6) is 0 Å². The summed E-state index contributed by atoms with van der Waals surface area (Å²) in [6, 6.07) is 16.2. The van der Waals surface area contributed by atoms with Crippen molar-refractivity contribution in [2.24, 2.45) is 0 Å². The molecular weight excluding hydrogens is 399 g/mol. The molecule has 0 aliphatic heterocycles. The topological polar surface area (TPSA) is 58.9 Å². The molecular formula is C20H27O4PS2. The van der Waals surface area contributed by atoms with Gasteiger partial charge in [0.15, 0.2) is 0 Å². The second-order valence-corrected chi connectivity index (χ2v) is 11.5. The zero-order chi connectivity index (χ0) is 19.5. The van der Waals surface area contributed by atoms with Crippen LogP contribution in [0.15, 0.2) is 48.5 Å². The molecule has 2 rings (SSSR count). The summed E-state index contributed by atoms with van der Waals surface area (Å²) in [5.74, 6) is 0. The molecule has 0 aliphatic carbocycles. The van der Waals surface area contributed by atoms with Crippen LogP contribution in [-0.2, 0) is 46.5 Å². The molecule has 27 heavy (non-hydrogen) atoms. The zero-order valence-corrected chi connectivity index (χ0v) is 17.9. The summed E-state index contributed by atoms with van der Waals surface area (Å²) in [4.78, 5) is 0. The summed E-state index contributed by atoms with van der Waals surface area (Å²) in [6.45, 7) is 1.26. The Balaban J connectivity index is 1.69. The van der Waals surface area contributed by atoms with Crippen LogP contribution in [0.2, 0.25) is 0 Å². The Morgan fingerprint density at radius 3 is 1.26 bits per heavy atom. The maximum Gasteiger partial charge on any atom is 0.244 e. The van der Waals surface area contributed by atoms with Crippen LogP contribution in [0.25, 0.3) is 0 Å². The van der Waals surface area contributed by atoms with E-state index in [1.165, 1.54) is 0 Å². The average Bonchev–Trinajstić information content (AvgIpc) is 2.65. The molecule has 7 heteroatoms. The third-order valence-electron chi connectivity index (χ3n) is 4.14. The molecule has 0 amide bonds. The Labute approximate surface area is 171 Å². The molecule has 0 saturated heterocycles. The molecule has 2 N–H and O–H groups in total. The lowest BCUT2D eigenvalue weighted by Crippen LogP contribution is -2.01. The van der Waals surface area contributed by atoms with E-state index in [1.54, 1.807) is 0 Å². The highest BCUT2D eigenvalue weighted by Gasteiger charge is 2.13. The van der Waals surface area contributed by atoms with Gasteiger partial charge in [-0.25, -0.2) is 0 Å². The minimum Gasteiger partial charge on any atom is -0.396 e. The predicted molar refractivity (Wildman–Crippen MR) is 117 cm³/mol. The molecule has 0 radical (unpaired) electrons. The van der Waals surface area contributed by atoms with Gasteiger partial charge in [0.2, 0.25) is 5.69 Å². The van der Waals surface area contributed by atoms with E-state index in [0.29, 0.717) is 26.1 Å². The first kappa shape index (κ1) is 22.6. The van der Waals surface area contributed by atoms with Crippen molar-refractivity contribution >= 4 is 29.7 Å². The van der Waals surface area contributed by atoms with Gasteiger partial charge in [-0.2, -0.15) is 0 Å². The first-order chi connectivity index (χ1) is 13.0. The molecule has 0 bridgehead atoms. The average molecular weight is 427 g/mol. The van der Waals surface area contributed by atoms with Gasteiger partial charge in [-0.05, 0) is 59.7 Å². The second kappa shape index (κ2) is 12.0. The Morgan fingerprint density at radius 2 is 0.963 bits per heavy atom. The Bertz CT molecular complexity index is 660. The SMILES string of the molecule is OCCc1ccc(CCOP(=S)(S)OCCc2ccc(CCO)cc2)cc1. The van der Waals surface area contributed by atoms with Crippen molar-refractivity contribution in [3.63, 3.8) is 0 Å². The van der Waals surface area contributed by atoms with Crippen molar-refractivity contribution in [3.05, 3.63) is 70.8 Å². The highest BCUT2D eigenvalue weighted by Crippen LogP contribution is 2.53. The van der Waals surface area contributed by atoms with Gasteiger partial charge in [0.05, 0.1) is 13.2 Å².